The van der Waals surface area contributed by atoms with Crippen molar-refractivity contribution in [1.29, 1.82) is 0 Å². The lowest BCUT2D eigenvalue weighted by Gasteiger charge is -2.12. The van der Waals surface area contributed by atoms with Crippen LogP contribution in [0.2, 0.25) is 0 Å². The maximum absolute atomic E-state index is 13.1. The molecule has 0 unspecified atom stereocenters. The average molecular weight is 412 g/mol. The van der Waals surface area contributed by atoms with Crippen LogP contribution in [0.25, 0.3) is 10.9 Å². The van der Waals surface area contributed by atoms with Crippen molar-refractivity contribution in [2.75, 3.05) is 7.11 Å². The Bertz CT molecular complexity index is 1300. The minimum absolute atomic E-state index is 0.000524. The van der Waals surface area contributed by atoms with E-state index in [2.05, 4.69) is 15.5 Å². The molecule has 0 bridgehead atoms. The summed E-state index contributed by atoms with van der Waals surface area (Å²) in [6.07, 6.45) is 1.51. The molecule has 4 aromatic rings. The van der Waals surface area contributed by atoms with Crippen molar-refractivity contribution in [3.63, 3.8) is 0 Å². The van der Waals surface area contributed by atoms with Crippen molar-refractivity contribution in [1.82, 2.24) is 15.0 Å². The fraction of sp³-hybridized carbons (Fsp3) is 0.0833. The molecular formula is C24H20N4O3. The molecule has 154 valence electrons. The molecular weight excluding hydrogens is 392 g/mol. The van der Waals surface area contributed by atoms with Gasteiger partial charge in [0.05, 0.1) is 30.8 Å². The van der Waals surface area contributed by atoms with E-state index in [1.54, 1.807) is 43.5 Å². The number of para-hydroxylation sites is 1. The first-order chi connectivity index (χ1) is 15.2. The zero-order chi connectivity index (χ0) is 21.6. The third-order valence-electron chi connectivity index (χ3n) is 4.74. The summed E-state index contributed by atoms with van der Waals surface area (Å²) in [5.74, 6) is 0.162. The highest BCUT2D eigenvalue weighted by atomic mass is 16.5. The molecule has 0 aliphatic heterocycles. The van der Waals surface area contributed by atoms with Gasteiger partial charge in [0.2, 0.25) is 5.82 Å². The predicted octanol–water partition coefficient (Wildman–Crippen LogP) is 3.22. The maximum Gasteiger partial charge on any atom is 0.307 e. The van der Waals surface area contributed by atoms with E-state index in [4.69, 9.17) is 4.74 Å². The highest BCUT2D eigenvalue weighted by Gasteiger charge is 2.17. The Morgan fingerprint density at radius 2 is 1.74 bits per heavy atom. The smallest absolute Gasteiger partial charge is 0.307 e. The number of carbonyl (C=O) groups is 1. The highest BCUT2D eigenvalue weighted by Crippen LogP contribution is 2.11. The van der Waals surface area contributed by atoms with Gasteiger partial charge >= 0.3 is 5.91 Å². The van der Waals surface area contributed by atoms with Gasteiger partial charge in [-0.1, -0.05) is 42.5 Å². The number of ether oxygens (including phenoxy) is 1. The van der Waals surface area contributed by atoms with Crippen LogP contribution in [0.15, 0.2) is 88.8 Å². The van der Waals surface area contributed by atoms with Gasteiger partial charge in [0.15, 0.2) is 0 Å². The predicted molar refractivity (Wildman–Crippen MR) is 120 cm³/mol. The molecule has 1 amide bonds. The number of methoxy groups -OCH3 is 1. The highest BCUT2D eigenvalue weighted by molar-refractivity contribution is 5.93. The van der Waals surface area contributed by atoms with Gasteiger partial charge in [-0.25, -0.2) is 10.4 Å². The standard InChI is InChI=1S/C24H20N4O3/c1-31-19-13-11-17(12-14-19)15-25-27-23(29)22-26-21-10-6-5-9-20(21)24(30)28(22)16-18-7-3-2-4-8-18/h2-15H,16H2,1H3,(H,27,29)/b25-15-. The number of hydrogen-bond acceptors (Lipinski definition) is 5. The van der Waals surface area contributed by atoms with Crippen LogP contribution in [0, 0.1) is 0 Å². The van der Waals surface area contributed by atoms with E-state index < -0.39 is 5.91 Å². The Labute approximate surface area is 178 Å². The van der Waals surface area contributed by atoms with E-state index in [9.17, 15) is 9.59 Å². The van der Waals surface area contributed by atoms with Gasteiger partial charge in [-0.2, -0.15) is 5.10 Å². The zero-order valence-corrected chi connectivity index (χ0v) is 16.9. The summed E-state index contributed by atoms with van der Waals surface area (Å²) >= 11 is 0. The average Bonchev–Trinajstić information content (AvgIpc) is 2.82. The number of hydrazone groups is 1. The van der Waals surface area contributed by atoms with E-state index in [1.807, 2.05) is 42.5 Å². The molecule has 0 saturated heterocycles. The number of carbonyl (C=O) groups excluding carboxylic acids is 1. The third kappa shape index (κ3) is 4.51. The number of nitrogens with zero attached hydrogens (tertiary/aromatic N) is 3. The van der Waals surface area contributed by atoms with Gasteiger partial charge < -0.3 is 4.74 Å². The molecule has 7 heteroatoms. The Balaban J connectivity index is 1.65. The van der Waals surface area contributed by atoms with Gasteiger partial charge in [0, 0.05) is 0 Å². The van der Waals surface area contributed by atoms with Gasteiger partial charge in [0.25, 0.3) is 5.56 Å². The molecule has 1 heterocycles. The second kappa shape index (κ2) is 9.04. The lowest BCUT2D eigenvalue weighted by atomic mass is 10.2. The SMILES string of the molecule is COc1ccc(/C=N\NC(=O)c2nc3ccccc3c(=O)n2Cc2ccccc2)cc1. The normalized spacial score (nSPS) is 11.0. The molecule has 0 radical (unpaired) electrons. The molecule has 1 aromatic heterocycles. The first-order valence-corrected chi connectivity index (χ1v) is 9.66. The fourth-order valence-corrected chi connectivity index (χ4v) is 3.16. The van der Waals surface area contributed by atoms with Crippen LogP contribution in [-0.2, 0) is 6.54 Å². The lowest BCUT2D eigenvalue weighted by molar-refractivity contribution is 0.0939. The molecule has 1 N–H and O–H groups in total. The van der Waals surface area contributed by atoms with Crippen LogP contribution < -0.4 is 15.7 Å². The monoisotopic (exact) mass is 412 g/mol. The Morgan fingerprint density at radius 3 is 2.48 bits per heavy atom. The summed E-state index contributed by atoms with van der Waals surface area (Å²) in [4.78, 5) is 30.4. The van der Waals surface area contributed by atoms with Crippen LogP contribution in [-0.4, -0.2) is 28.8 Å². The molecule has 0 atom stereocenters. The van der Waals surface area contributed by atoms with Crippen molar-refractivity contribution < 1.29 is 9.53 Å². The van der Waals surface area contributed by atoms with E-state index >= 15 is 0 Å². The second-order valence-electron chi connectivity index (χ2n) is 6.80. The Hall–Kier alpha value is -4.26. The van der Waals surface area contributed by atoms with E-state index in [-0.39, 0.29) is 17.9 Å². The van der Waals surface area contributed by atoms with Gasteiger partial charge in [-0.15, -0.1) is 0 Å². The topological polar surface area (TPSA) is 85.6 Å². The van der Waals surface area contributed by atoms with Crippen molar-refractivity contribution in [3.8, 4) is 5.75 Å². The molecule has 3 aromatic carbocycles. The number of nitrogens with one attached hydrogen (secondary N) is 1. The molecule has 0 saturated carbocycles. The van der Waals surface area contributed by atoms with Gasteiger partial charge in [0.1, 0.15) is 5.75 Å². The molecule has 0 fully saturated rings. The van der Waals surface area contributed by atoms with E-state index in [0.29, 0.717) is 10.9 Å². The lowest BCUT2D eigenvalue weighted by Crippen LogP contribution is -2.32. The molecule has 4 rings (SSSR count). The summed E-state index contributed by atoms with van der Waals surface area (Å²) < 4.78 is 6.49. The summed E-state index contributed by atoms with van der Waals surface area (Å²) in [6.45, 7) is 0.225. The van der Waals surface area contributed by atoms with Crippen LogP contribution >= 0.6 is 0 Å². The van der Waals surface area contributed by atoms with Crippen LogP contribution in [0.5, 0.6) is 5.75 Å². The van der Waals surface area contributed by atoms with Gasteiger partial charge in [-0.3, -0.25) is 14.2 Å². The van der Waals surface area contributed by atoms with Crippen molar-refractivity contribution in [2.45, 2.75) is 6.54 Å². The molecule has 0 aliphatic rings. The van der Waals surface area contributed by atoms with Crippen LogP contribution in [0.3, 0.4) is 0 Å². The van der Waals surface area contributed by atoms with Crippen molar-refractivity contribution in [3.05, 3.63) is 106 Å². The van der Waals surface area contributed by atoms with Crippen LogP contribution in [0.4, 0.5) is 0 Å². The zero-order valence-electron chi connectivity index (χ0n) is 16.9. The third-order valence-corrected chi connectivity index (χ3v) is 4.74. The second-order valence-corrected chi connectivity index (χ2v) is 6.80. The van der Waals surface area contributed by atoms with Crippen molar-refractivity contribution >= 4 is 23.0 Å². The molecule has 0 spiro atoms. The number of aromatic nitrogens is 2. The first-order valence-electron chi connectivity index (χ1n) is 9.66. The van der Waals surface area contributed by atoms with E-state index in [1.165, 1.54) is 10.8 Å². The first kappa shape index (κ1) is 20.0. The fourth-order valence-electron chi connectivity index (χ4n) is 3.16. The number of benzene rings is 3. The summed E-state index contributed by atoms with van der Waals surface area (Å²) in [7, 11) is 1.59. The van der Waals surface area contributed by atoms with Gasteiger partial charge in [-0.05, 0) is 47.5 Å². The van der Waals surface area contributed by atoms with Crippen molar-refractivity contribution in [2.24, 2.45) is 5.10 Å². The van der Waals surface area contributed by atoms with E-state index in [0.717, 1.165) is 16.9 Å². The Kier molecular flexibility index (Phi) is 5.84. The summed E-state index contributed by atoms with van der Waals surface area (Å²) in [5.41, 5.74) is 4.32. The number of fused-ring (bicyclic) bond motifs is 1. The number of rotatable bonds is 6. The minimum atomic E-state index is -0.566. The Morgan fingerprint density at radius 1 is 1.03 bits per heavy atom. The molecule has 7 nitrogen and oxygen atoms in total. The number of amides is 1. The largest absolute Gasteiger partial charge is 0.497 e. The quantitative estimate of drug-likeness (QED) is 0.389. The van der Waals surface area contributed by atoms with Crippen LogP contribution in [0.1, 0.15) is 21.7 Å². The maximum atomic E-state index is 13.1. The summed E-state index contributed by atoms with van der Waals surface area (Å²) in [5, 5.41) is 4.47. The molecule has 0 aliphatic carbocycles. The number of hydrogen-bond donors (Lipinski definition) is 1. The minimum Gasteiger partial charge on any atom is -0.497 e. The summed E-state index contributed by atoms with van der Waals surface area (Å²) in [6, 6.07) is 23.6. The molecule has 31 heavy (non-hydrogen) atoms.